The number of pyridine rings is 1. The topological polar surface area (TPSA) is 100 Å². The average molecular weight is 437 g/mol. The number of ether oxygens (including phenoxy) is 1. The van der Waals surface area contributed by atoms with E-state index in [2.05, 4.69) is 20.3 Å². The van der Waals surface area contributed by atoms with E-state index in [1.54, 1.807) is 30.6 Å². The van der Waals surface area contributed by atoms with Crippen molar-refractivity contribution in [2.45, 2.75) is 18.9 Å². The highest BCUT2D eigenvalue weighted by Gasteiger charge is 2.19. The number of carbonyl (C=O) groups excluding carboxylic acids is 1. The minimum absolute atomic E-state index is 0.160. The van der Waals surface area contributed by atoms with Crippen molar-refractivity contribution in [2.75, 3.05) is 31.2 Å². The van der Waals surface area contributed by atoms with E-state index in [4.69, 9.17) is 4.74 Å². The van der Waals surface area contributed by atoms with E-state index in [1.807, 2.05) is 11.0 Å². The average Bonchev–Trinajstić information content (AvgIpc) is 2.80. The van der Waals surface area contributed by atoms with Crippen LogP contribution in [0, 0.1) is 5.82 Å². The first kappa shape index (κ1) is 21.6. The van der Waals surface area contributed by atoms with E-state index in [0.29, 0.717) is 37.9 Å². The van der Waals surface area contributed by atoms with Gasteiger partial charge in [0, 0.05) is 38.0 Å². The number of aromatic amines is 1. The van der Waals surface area contributed by atoms with Crippen LogP contribution in [0.25, 0.3) is 0 Å². The van der Waals surface area contributed by atoms with Gasteiger partial charge in [-0.05, 0) is 29.3 Å². The number of rotatable bonds is 7. The van der Waals surface area contributed by atoms with Crippen LogP contribution >= 0.6 is 0 Å². The molecule has 0 aliphatic carbocycles. The fourth-order valence-electron chi connectivity index (χ4n) is 3.61. The molecule has 4 rings (SSSR count). The highest BCUT2D eigenvalue weighted by molar-refractivity contribution is 5.79. The monoisotopic (exact) mass is 437 g/mol. The van der Waals surface area contributed by atoms with Crippen molar-refractivity contribution in [3.05, 3.63) is 87.9 Å². The second-order valence-corrected chi connectivity index (χ2v) is 7.57. The molecule has 9 heteroatoms. The van der Waals surface area contributed by atoms with Crippen molar-refractivity contribution < 1.29 is 13.9 Å². The van der Waals surface area contributed by atoms with Gasteiger partial charge in [-0.1, -0.05) is 18.2 Å². The van der Waals surface area contributed by atoms with E-state index in [1.165, 1.54) is 18.2 Å². The lowest BCUT2D eigenvalue weighted by molar-refractivity contribution is -0.121. The Morgan fingerprint density at radius 1 is 1.22 bits per heavy atom. The molecule has 0 saturated carbocycles. The van der Waals surface area contributed by atoms with Gasteiger partial charge in [-0.25, -0.2) is 9.37 Å². The number of nitrogens with zero attached hydrogens (tertiary/aromatic N) is 3. The molecule has 32 heavy (non-hydrogen) atoms. The van der Waals surface area contributed by atoms with Gasteiger partial charge in [0.05, 0.1) is 31.4 Å². The van der Waals surface area contributed by atoms with Crippen molar-refractivity contribution >= 4 is 11.9 Å². The number of hydrogen-bond acceptors (Lipinski definition) is 6. The standard InChI is InChI=1S/C23H24FN5O3/c24-18-5-3-17(4-6-18)20(27-21(30)12-16-2-1-7-25-15-16)13-19-14-22(31)28-23(26-19)29-8-10-32-11-9-29/h1-7,14-15,20H,8-13H2,(H,27,30)(H,26,28,31)/t20-/m1/s1. The first-order valence-corrected chi connectivity index (χ1v) is 10.4. The lowest BCUT2D eigenvalue weighted by atomic mass is 10.0. The fraction of sp³-hybridized carbons (Fsp3) is 0.304. The van der Waals surface area contributed by atoms with Crippen LogP contribution in [0.3, 0.4) is 0 Å². The molecule has 1 atom stereocenters. The van der Waals surface area contributed by atoms with Gasteiger partial charge >= 0.3 is 0 Å². The zero-order valence-electron chi connectivity index (χ0n) is 17.5. The van der Waals surface area contributed by atoms with Gasteiger partial charge < -0.3 is 15.0 Å². The summed E-state index contributed by atoms with van der Waals surface area (Å²) in [6.07, 6.45) is 3.73. The van der Waals surface area contributed by atoms with Crippen LogP contribution in [0.4, 0.5) is 10.3 Å². The molecule has 1 fully saturated rings. The molecule has 1 amide bonds. The van der Waals surface area contributed by atoms with Crippen LogP contribution in [-0.4, -0.2) is 47.2 Å². The maximum absolute atomic E-state index is 13.5. The molecule has 1 saturated heterocycles. The summed E-state index contributed by atoms with van der Waals surface area (Å²) in [7, 11) is 0. The van der Waals surface area contributed by atoms with Crippen molar-refractivity contribution in [3.8, 4) is 0 Å². The number of carbonyl (C=O) groups is 1. The molecular formula is C23H24FN5O3. The lowest BCUT2D eigenvalue weighted by Crippen LogP contribution is -2.38. The van der Waals surface area contributed by atoms with Crippen molar-refractivity contribution in [1.29, 1.82) is 0 Å². The summed E-state index contributed by atoms with van der Waals surface area (Å²) >= 11 is 0. The molecule has 0 unspecified atom stereocenters. The van der Waals surface area contributed by atoms with Crippen LogP contribution in [-0.2, 0) is 22.4 Å². The number of hydrogen-bond donors (Lipinski definition) is 2. The molecule has 3 aromatic rings. The summed E-state index contributed by atoms with van der Waals surface area (Å²) in [6, 6.07) is 10.5. The third-order valence-corrected chi connectivity index (χ3v) is 5.20. The lowest BCUT2D eigenvalue weighted by Gasteiger charge is -2.27. The molecule has 8 nitrogen and oxygen atoms in total. The zero-order valence-corrected chi connectivity index (χ0v) is 17.5. The maximum atomic E-state index is 13.5. The molecule has 2 N–H and O–H groups in total. The summed E-state index contributed by atoms with van der Waals surface area (Å²) in [5.74, 6) is -0.0843. The van der Waals surface area contributed by atoms with Gasteiger partial charge in [0.15, 0.2) is 0 Å². The van der Waals surface area contributed by atoms with Crippen LogP contribution in [0.1, 0.15) is 22.9 Å². The summed E-state index contributed by atoms with van der Waals surface area (Å²) in [5.41, 5.74) is 1.77. The van der Waals surface area contributed by atoms with Crippen molar-refractivity contribution in [2.24, 2.45) is 0 Å². The van der Waals surface area contributed by atoms with Crippen LogP contribution in [0.2, 0.25) is 0 Å². The summed E-state index contributed by atoms with van der Waals surface area (Å²) in [6.45, 7) is 2.40. The Morgan fingerprint density at radius 2 is 2.00 bits per heavy atom. The van der Waals surface area contributed by atoms with Crippen LogP contribution in [0.5, 0.6) is 0 Å². The van der Waals surface area contributed by atoms with Gasteiger partial charge in [-0.3, -0.25) is 19.6 Å². The van der Waals surface area contributed by atoms with Gasteiger partial charge in [0.25, 0.3) is 5.56 Å². The Kier molecular flexibility index (Phi) is 6.86. The number of benzene rings is 1. The van der Waals surface area contributed by atoms with E-state index in [-0.39, 0.29) is 30.1 Å². The van der Waals surface area contributed by atoms with E-state index >= 15 is 0 Å². The van der Waals surface area contributed by atoms with Gasteiger partial charge in [-0.15, -0.1) is 0 Å². The predicted molar refractivity (Wildman–Crippen MR) is 117 cm³/mol. The normalized spacial score (nSPS) is 14.7. The number of H-pyrrole nitrogens is 1. The quantitative estimate of drug-likeness (QED) is 0.585. The van der Waals surface area contributed by atoms with E-state index in [0.717, 1.165) is 11.1 Å². The minimum atomic E-state index is -0.480. The summed E-state index contributed by atoms with van der Waals surface area (Å²) < 4.78 is 18.8. The molecule has 0 bridgehead atoms. The molecule has 2 aromatic heterocycles. The predicted octanol–water partition coefficient (Wildman–Crippen LogP) is 1.78. The molecule has 0 spiro atoms. The third-order valence-electron chi connectivity index (χ3n) is 5.20. The number of anilines is 1. The zero-order chi connectivity index (χ0) is 22.3. The Balaban J connectivity index is 1.56. The SMILES string of the molecule is O=C(Cc1cccnc1)N[C@H](Cc1cc(=O)[nH]c(N2CCOCC2)n1)c1ccc(F)cc1. The van der Waals surface area contributed by atoms with Crippen LogP contribution < -0.4 is 15.8 Å². The first-order valence-electron chi connectivity index (χ1n) is 10.4. The third kappa shape index (κ3) is 5.76. The first-order chi connectivity index (χ1) is 15.6. The Hall–Kier alpha value is -3.59. The molecule has 3 heterocycles. The fourth-order valence-corrected chi connectivity index (χ4v) is 3.61. The summed E-state index contributed by atoms with van der Waals surface area (Å²) in [5, 5.41) is 2.99. The molecular weight excluding hydrogens is 413 g/mol. The Morgan fingerprint density at radius 3 is 2.72 bits per heavy atom. The largest absolute Gasteiger partial charge is 0.378 e. The maximum Gasteiger partial charge on any atom is 0.252 e. The molecule has 0 radical (unpaired) electrons. The van der Waals surface area contributed by atoms with E-state index < -0.39 is 6.04 Å². The van der Waals surface area contributed by atoms with Gasteiger partial charge in [0.2, 0.25) is 11.9 Å². The Labute approximate surface area is 184 Å². The number of aromatic nitrogens is 3. The van der Waals surface area contributed by atoms with Gasteiger partial charge in [-0.2, -0.15) is 0 Å². The van der Waals surface area contributed by atoms with E-state index in [9.17, 15) is 14.0 Å². The smallest absolute Gasteiger partial charge is 0.252 e. The second kappa shape index (κ2) is 10.1. The number of morpholine rings is 1. The number of amides is 1. The summed E-state index contributed by atoms with van der Waals surface area (Å²) in [4.78, 5) is 38.4. The van der Waals surface area contributed by atoms with Gasteiger partial charge in [0.1, 0.15) is 5.82 Å². The number of nitrogens with one attached hydrogen (secondary N) is 2. The van der Waals surface area contributed by atoms with Crippen molar-refractivity contribution in [3.63, 3.8) is 0 Å². The number of halogens is 1. The Bertz CT molecular complexity index is 1100. The molecule has 1 aromatic carbocycles. The highest BCUT2D eigenvalue weighted by atomic mass is 19.1. The molecule has 166 valence electrons. The van der Waals surface area contributed by atoms with Crippen LogP contribution in [0.15, 0.2) is 59.7 Å². The minimum Gasteiger partial charge on any atom is -0.378 e. The van der Waals surface area contributed by atoms with Crippen molar-refractivity contribution in [1.82, 2.24) is 20.3 Å². The molecule has 1 aliphatic rings. The second-order valence-electron chi connectivity index (χ2n) is 7.57. The molecule has 1 aliphatic heterocycles. The highest BCUT2D eigenvalue weighted by Crippen LogP contribution is 2.19.